The molecule has 0 amide bonds. The summed E-state index contributed by atoms with van der Waals surface area (Å²) in [6, 6.07) is 7.98. The molecule has 0 atom stereocenters. The van der Waals surface area contributed by atoms with Gasteiger partial charge in [-0.1, -0.05) is 29.8 Å². The van der Waals surface area contributed by atoms with Crippen LogP contribution in [0.4, 0.5) is 0 Å². The summed E-state index contributed by atoms with van der Waals surface area (Å²) in [4.78, 5) is 0. The maximum Gasteiger partial charge on any atom is 0.184 e. The third-order valence-corrected chi connectivity index (χ3v) is 1.56. The van der Waals surface area contributed by atoms with Gasteiger partial charge in [-0.15, -0.1) is 0 Å². The topological polar surface area (TPSA) is 50.4 Å². The average Bonchev–Trinajstić information content (AvgIpc) is 2.08. The lowest BCUT2D eigenvalue weighted by atomic mass is 10.2. The fourth-order valence-electron chi connectivity index (χ4n) is 0.823. The SMILES string of the molecule is Cc1ccc(/C=N\NC(N)=S)cc1. The molecule has 0 aliphatic heterocycles. The molecule has 0 bridgehead atoms. The van der Waals surface area contributed by atoms with Gasteiger partial charge in [0.15, 0.2) is 5.11 Å². The Morgan fingerprint density at radius 3 is 2.62 bits per heavy atom. The molecule has 0 aliphatic rings. The summed E-state index contributed by atoms with van der Waals surface area (Å²) in [6.07, 6.45) is 1.67. The van der Waals surface area contributed by atoms with Gasteiger partial charge in [-0.3, -0.25) is 5.43 Å². The molecule has 0 saturated carbocycles. The Balaban J connectivity index is 2.59. The van der Waals surface area contributed by atoms with E-state index >= 15 is 0 Å². The monoisotopic (exact) mass is 193 g/mol. The molecule has 0 aliphatic carbocycles. The van der Waals surface area contributed by atoms with Crippen molar-refractivity contribution in [3.63, 3.8) is 0 Å². The molecule has 0 saturated heterocycles. The molecular formula is C9H11N3S. The second kappa shape index (κ2) is 4.57. The Hall–Kier alpha value is -1.42. The van der Waals surface area contributed by atoms with Crippen LogP contribution in [0.5, 0.6) is 0 Å². The number of hydrogen-bond acceptors (Lipinski definition) is 2. The number of rotatable bonds is 2. The van der Waals surface area contributed by atoms with Crippen molar-refractivity contribution in [2.45, 2.75) is 6.92 Å². The normalized spacial score (nSPS) is 10.2. The summed E-state index contributed by atoms with van der Waals surface area (Å²) in [6.45, 7) is 2.04. The number of nitrogens with zero attached hydrogens (tertiary/aromatic N) is 1. The van der Waals surface area contributed by atoms with E-state index in [1.165, 1.54) is 5.56 Å². The largest absolute Gasteiger partial charge is 0.375 e. The molecule has 0 unspecified atom stereocenters. The standard InChI is InChI=1S/C9H11N3S/c1-7-2-4-8(5-3-7)6-11-12-9(10)13/h2-6H,1H3,(H3,10,12,13)/b11-6-. The van der Waals surface area contributed by atoms with Crippen LogP contribution in [0, 0.1) is 6.92 Å². The second-order valence-electron chi connectivity index (χ2n) is 2.64. The molecule has 1 aromatic rings. The first-order valence-corrected chi connectivity index (χ1v) is 4.24. The maximum atomic E-state index is 5.19. The molecule has 0 fully saturated rings. The van der Waals surface area contributed by atoms with Gasteiger partial charge in [0.25, 0.3) is 0 Å². The van der Waals surface area contributed by atoms with Crippen molar-refractivity contribution >= 4 is 23.5 Å². The van der Waals surface area contributed by atoms with E-state index in [9.17, 15) is 0 Å². The quantitative estimate of drug-likeness (QED) is 0.421. The van der Waals surface area contributed by atoms with Crippen molar-refractivity contribution < 1.29 is 0 Å². The minimum Gasteiger partial charge on any atom is -0.375 e. The number of hydrogen-bond donors (Lipinski definition) is 2. The minimum atomic E-state index is 0.170. The smallest absolute Gasteiger partial charge is 0.184 e. The molecule has 0 spiro atoms. The third kappa shape index (κ3) is 3.66. The van der Waals surface area contributed by atoms with E-state index in [0.29, 0.717) is 0 Å². The number of aryl methyl sites for hydroxylation is 1. The highest BCUT2D eigenvalue weighted by molar-refractivity contribution is 7.80. The number of benzene rings is 1. The summed E-state index contributed by atoms with van der Waals surface area (Å²) in [5.74, 6) is 0. The van der Waals surface area contributed by atoms with Crippen molar-refractivity contribution in [2.24, 2.45) is 10.8 Å². The number of nitrogens with two attached hydrogens (primary N) is 1. The summed E-state index contributed by atoms with van der Waals surface area (Å²) < 4.78 is 0. The molecule has 0 radical (unpaired) electrons. The second-order valence-corrected chi connectivity index (χ2v) is 3.08. The summed E-state index contributed by atoms with van der Waals surface area (Å²) >= 11 is 4.58. The van der Waals surface area contributed by atoms with Gasteiger partial charge in [0, 0.05) is 0 Å². The zero-order valence-electron chi connectivity index (χ0n) is 7.32. The predicted molar refractivity (Wildman–Crippen MR) is 58.7 cm³/mol. The van der Waals surface area contributed by atoms with Gasteiger partial charge in [0.05, 0.1) is 6.21 Å². The van der Waals surface area contributed by atoms with E-state index in [2.05, 4.69) is 22.7 Å². The van der Waals surface area contributed by atoms with Gasteiger partial charge in [-0.05, 0) is 24.7 Å². The summed E-state index contributed by atoms with van der Waals surface area (Å²) in [5.41, 5.74) is 9.90. The van der Waals surface area contributed by atoms with Gasteiger partial charge >= 0.3 is 0 Å². The van der Waals surface area contributed by atoms with Gasteiger partial charge < -0.3 is 5.73 Å². The molecular weight excluding hydrogens is 182 g/mol. The third-order valence-electron chi connectivity index (χ3n) is 1.47. The Kier molecular flexibility index (Phi) is 3.40. The van der Waals surface area contributed by atoms with Crippen molar-refractivity contribution in [1.82, 2.24) is 5.43 Å². The van der Waals surface area contributed by atoms with Crippen LogP contribution < -0.4 is 11.2 Å². The molecule has 1 aromatic carbocycles. The van der Waals surface area contributed by atoms with Gasteiger partial charge in [0.2, 0.25) is 0 Å². The Labute approximate surface area is 82.6 Å². The van der Waals surface area contributed by atoms with Gasteiger partial charge in [-0.25, -0.2) is 0 Å². The summed E-state index contributed by atoms with van der Waals surface area (Å²) in [5, 5.41) is 4.00. The highest BCUT2D eigenvalue weighted by atomic mass is 32.1. The fraction of sp³-hybridized carbons (Fsp3) is 0.111. The van der Waals surface area contributed by atoms with Crippen molar-refractivity contribution in [2.75, 3.05) is 0 Å². The van der Waals surface area contributed by atoms with E-state index in [0.717, 1.165) is 5.56 Å². The first kappa shape index (κ1) is 9.67. The van der Waals surface area contributed by atoms with Crippen LogP contribution in [0.15, 0.2) is 29.4 Å². The Bertz CT molecular complexity index is 316. The molecule has 3 nitrogen and oxygen atoms in total. The molecule has 4 heteroatoms. The zero-order chi connectivity index (χ0) is 9.68. The molecule has 0 aromatic heterocycles. The molecule has 3 N–H and O–H groups in total. The lowest BCUT2D eigenvalue weighted by Crippen LogP contribution is -2.23. The van der Waals surface area contributed by atoms with Crippen LogP contribution in [0.2, 0.25) is 0 Å². The van der Waals surface area contributed by atoms with Crippen LogP contribution in [0.3, 0.4) is 0 Å². The van der Waals surface area contributed by atoms with E-state index in [-0.39, 0.29) is 5.11 Å². The molecule has 68 valence electrons. The lowest BCUT2D eigenvalue weighted by molar-refractivity contribution is 1.04. The number of nitrogens with one attached hydrogen (secondary N) is 1. The van der Waals surface area contributed by atoms with E-state index in [1.54, 1.807) is 6.21 Å². The zero-order valence-corrected chi connectivity index (χ0v) is 8.14. The highest BCUT2D eigenvalue weighted by Gasteiger charge is 1.86. The highest BCUT2D eigenvalue weighted by Crippen LogP contribution is 1.99. The van der Waals surface area contributed by atoms with Crippen LogP contribution in [0.1, 0.15) is 11.1 Å². The van der Waals surface area contributed by atoms with Gasteiger partial charge in [-0.2, -0.15) is 5.10 Å². The first-order chi connectivity index (χ1) is 6.18. The fourth-order valence-corrected chi connectivity index (χ4v) is 0.876. The van der Waals surface area contributed by atoms with Crippen molar-refractivity contribution in [3.05, 3.63) is 35.4 Å². The Morgan fingerprint density at radius 2 is 2.08 bits per heavy atom. The predicted octanol–water partition coefficient (Wildman–Crippen LogP) is 1.16. The number of hydrazone groups is 1. The van der Waals surface area contributed by atoms with E-state index in [4.69, 9.17) is 5.73 Å². The average molecular weight is 193 g/mol. The van der Waals surface area contributed by atoms with Gasteiger partial charge in [0.1, 0.15) is 0 Å². The van der Waals surface area contributed by atoms with Crippen LogP contribution in [-0.4, -0.2) is 11.3 Å². The lowest BCUT2D eigenvalue weighted by Gasteiger charge is -1.95. The van der Waals surface area contributed by atoms with Crippen molar-refractivity contribution in [1.29, 1.82) is 0 Å². The minimum absolute atomic E-state index is 0.170. The molecule has 0 heterocycles. The number of thiocarbonyl (C=S) groups is 1. The molecule has 13 heavy (non-hydrogen) atoms. The van der Waals surface area contributed by atoms with Crippen LogP contribution >= 0.6 is 12.2 Å². The van der Waals surface area contributed by atoms with E-state index in [1.807, 2.05) is 31.2 Å². The van der Waals surface area contributed by atoms with E-state index < -0.39 is 0 Å². The Morgan fingerprint density at radius 1 is 1.46 bits per heavy atom. The van der Waals surface area contributed by atoms with Crippen molar-refractivity contribution in [3.8, 4) is 0 Å². The first-order valence-electron chi connectivity index (χ1n) is 3.83. The maximum absolute atomic E-state index is 5.19. The van der Waals surface area contributed by atoms with Crippen LogP contribution in [0.25, 0.3) is 0 Å². The molecule has 1 rings (SSSR count). The summed E-state index contributed by atoms with van der Waals surface area (Å²) in [7, 11) is 0. The van der Waals surface area contributed by atoms with Crippen LogP contribution in [-0.2, 0) is 0 Å².